The van der Waals surface area contributed by atoms with Gasteiger partial charge in [-0.2, -0.15) is 0 Å². The van der Waals surface area contributed by atoms with Crippen LogP contribution in [0.25, 0.3) is 0 Å². The molecule has 7 heteroatoms. The van der Waals surface area contributed by atoms with Gasteiger partial charge in [0.1, 0.15) is 5.75 Å². The largest absolute Gasteiger partial charge is 0.353 e. The van der Waals surface area contributed by atoms with Gasteiger partial charge in [-0.3, -0.25) is 9.59 Å². The Bertz CT molecular complexity index is 704. The second-order valence-electron chi connectivity index (χ2n) is 6.88. The molecule has 0 aromatic heterocycles. The fraction of sp³-hybridized carbons (Fsp3) is 0.579. The number of nitrogens with one attached hydrogen (secondary N) is 1. The molecule has 144 valence electrons. The summed E-state index contributed by atoms with van der Waals surface area (Å²) in [4.78, 5) is 25.6. The van der Waals surface area contributed by atoms with Crippen molar-refractivity contribution < 1.29 is 18.0 Å². The number of piperidine rings is 1. The molecule has 6 nitrogen and oxygen atoms in total. The van der Waals surface area contributed by atoms with Crippen molar-refractivity contribution in [3.05, 3.63) is 35.9 Å². The van der Waals surface area contributed by atoms with Crippen molar-refractivity contribution in [1.29, 1.82) is 0 Å². The smallest absolute Gasteiger partial charge is 0.235 e. The molecule has 0 spiro atoms. The lowest BCUT2D eigenvalue weighted by molar-refractivity contribution is -0.135. The summed E-state index contributed by atoms with van der Waals surface area (Å²) in [7, 11) is -3.43. The van der Waals surface area contributed by atoms with E-state index in [1.165, 1.54) is 0 Å². The Kier molecular flexibility index (Phi) is 7.63. The molecular weight excluding hydrogens is 352 g/mol. The van der Waals surface area contributed by atoms with E-state index in [-0.39, 0.29) is 24.2 Å². The van der Waals surface area contributed by atoms with Gasteiger partial charge >= 0.3 is 0 Å². The quantitative estimate of drug-likeness (QED) is 0.705. The van der Waals surface area contributed by atoms with E-state index in [0.717, 1.165) is 18.4 Å². The zero-order valence-corrected chi connectivity index (χ0v) is 16.1. The molecule has 1 aliphatic rings. The van der Waals surface area contributed by atoms with Crippen LogP contribution < -0.4 is 5.32 Å². The molecule has 0 unspecified atom stereocenters. The molecule has 0 radical (unpaired) electrons. The van der Waals surface area contributed by atoms with E-state index in [2.05, 4.69) is 5.32 Å². The van der Waals surface area contributed by atoms with Crippen LogP contribution in [0.15, 0.2) is 30.3 Å². The molecule has 26 heavy (non-hydrogen) atoms. The topological polar surface area (TPSA) is 83.6 Å². The van der Waals surface area contributed by atoms with Crippen molar-refractivity contribution in [2.75, 3.05) is 24.6 Å². The third-order valence-electron chi connectivity index (χ3n) is 4.60. The van der Waals surface area contributed by atoms with Crippen LogP contribution in [0.2, 0.25) is 0 Å². The van der Waals surface area contributed by atoms with E-state index < -0.39 is 21.5 Å². The third-order valence-corrected chi connectivity index (χ3v) is 6.21. The maximum absolute atomic E-state index is 12.1. The van der Waals surface area contributed by atoms with Crippen LogP contribution >= 0.6 is 0 Å². The van der Waals surface area contributed by atoms with E-state index in [4.69, 9.17) is 0 Å². The Balaban J connectivity index is 1.71. The number of carbonyl (C=O) groups excluding carboxylic acids is 2. The second kappa shape index (κ2) is 9.71. The Morgan fingerprint density at radius 1 is 1.23 bits per heavy atom. The molecule has 2 rings (SSSR count). The molecule has 2 amide bonds. The number of benzene rings is 1. The number of rotatable bonds is 9. The Hall–Kier alpha value is -1.89. The summed E-state index contributed by atoms with van der Waals surface area (Å²) >= 11 is 0. The van der Waals surface area contributed by atoms with Gasteiger partial charge in [-0.05, 0) is 38.2 Å². The van der Waals surface area contributed by atoms with Crippen molar-refractivity contribution in [2.45, 2.75) is 45.1 Å². The highest BCUT2D eigenvalue weighted by atomic mass is 32.2. The van der Waals surface area contributed by atoms with E-state index in [0.29, 0.717) is 25.8 Å². The van der Waals surface area contributed by atoms with E-state index in [1.54, 1.807) is 4.90 Å². The lowest BCUT2D eigenvalue weighted by Crippen LogP contribution is -2.48. The van der Waals surface area contributed by atoms with Gasteiger partial charge in [0, 0.05) is 25.6 Å². The van der Waals surface area contributed by atoms with Crippen LogP contribution in [0.4, 0.5) is 0 Å². The molecule has 1 aromatic carbocycles. The minimum absolute atomic E-state index is 0.00449. The summed E-state index contributed by atoms with van der Waals surface area (Å²) in [5.74, 6) is -0.898. The van der Waals surface area contributed by atoms with Gasteiger partial charge in [-0.25, -0.2) is 8.42 Å². The normalized spacial score (nSPS) is 16.3. The first-order valence-corrected chi connectivity index (χ1v) is 11.0. The lowest BCUT2D eigenvalue weighted by Gasteiger charge is -2.32. The Labute approximate surface area is 155 Å². The summed E-state index contributed by atoms with van der Waals surface area (Å²) in [5.41, 5.74) is 1.09. The highest BCUT2D eigenvalue weighted by Gasteiger charge is 2.24. The van der Waals surface area contributed by atoms with Crippen LogP contribution in [-0.2, 0) is 25.8 Å². The molecule has 1 atom stereocenters. The van der Waals surface area contributed by atoms with Gasteiger partial charge in [0.15, 0.2) is 9.84 Å². The number of carbonyl (C=O) groups is 2. The summed E-state index contributed by atoms with van der Waals surface area (Å²) in [6.07, 6.45) is 3.61. The first-order valence-electron chi connectivity index (χ1n) is 9.18. The van der Waals surface area contributed by atoms with Gasteiger partial charge in [0.25, 0.3) is 0 Å². The zero-order valence-electron chi connectivity index (χ0n) is 15.3. The van der Waals surface area contributed by atoms with Gasteiger partial charge in [-0.1, -0.05) is 30.3 Å². The summed E-state index contributed by atoms with van der Waals surface area (Å²) < 4.78 is 24.2. The number of nitrogens with zero attached hydrogens (tertiary/aromatic N) is 1. The molecule has 0 aliphatic carbocycles. The van der Waals surface area contributed by atoms with Gasteiger partial charge in [-0.15, -0.1) is 0 Å². The van der Waals surface area contributed by atoms with Crippen LogP contribution in [0, 0.1) is 0 Å². The number of hydrogen-bond acceptors (Lipinski definition) is 4. The van der Waals surface area contributed by atoms with Crippen LogP contribution in [0.5, 0.6) is 0 Å². The number of amides is 2. The van der Waals surface area contributed by atoms with Gasteiger partial charge in [0.2, 0.25) is 11.8 Å². The predicted octanol–water partition coefficient (Wildman–Crippen LogP) is 1.55. The van der Waals surface area contributed by atoms with Gasteiger partial charge < -0.3 is 10.2 Å². The fourth-order valence-corrected chi connectivity index (χ4v) is 4.36. The number of sulfone groups is 1. The minimum atomic E-state index is -3.43. The maximum atomic E-state index is 12.1. The lowest BCUT2D eigenvalue weighted by atomic mass is 10.1. The predicted molar refractivity (Wildman–Crippen MR) is 101 cm³/mol. The molecule has 1 heterocycles. The summed E-state index contributed by atoms with van der Waals surface area (Å²) in [5, 5.41) is 2.65. The first-order chi connectivity index (χ1) is 12.4. The number of likely N-dealkylation sites (tertiary alicyclic amines) is 1. The van der Waals surface area contributed by atoms with Crippen LogP contribution in [-0.4, -0.2) is 55.8 Å². The first kappa shape index (κ1) is 20.4. The Morgan fingerprint density at radius 2 is 1.96 bits per heavy atom. The molecule has 1 N–H and O–H groups in total. The van der Waals surface area contributed by atoms with E-state index in [1.807, 2.05) is 37.3 Å². The highest BCUT2D eigenvalue weighted by Crippen LogP contribution is 2.13. The molecule has 1 aromatic rings. The van der Waals surface area contributed by atoms with Crippen molar-refractivity contribution in [1.82, 2.24) is 10.2 Å². The zero-order chi connectivity index (χ0) is 19.0. The standard InChI is InChI=1S/C19H28N2O4S/c1-16(21-12-6-5-11-19(21)23)14-20-18(22)15-26(24,25)13-7-10-17-8-3-2-4-9-17/h2-4,8-9,16H,5-7,10-15H2,1H3,(H,20,22)/t16-/m1/s1. The molecule has 0 saturated carbocycles. The van der Waals surface area contributed by atoms with Crippen LogP contribution in [0.3, 0.4) is 0 Å². The highest BCUT2D eigenvalue weighted by molar-refractivity contribution is 7.92. The molecule has 1 aliphatic heterocycles. The van der Waals surface area contributed by atoms with E-state index >= 15 is 0 Å². The molecular formula is C19H28N2O4S. The molecule has 1 saturated heterocycles. The SMILES string of the molecule is C[C@H](CNC(=O)CS(=O)(=O)CCCc1ccccc1)N1CCCCC1=O. The fourth-order valence-electron chi connectivity index (χ4n) is 3.13. The third kappa shape index (κ3) is 6.78. The average molecular weight is 381 g/mol. The number of aryl methyl sites for hydroxylation is 1. The molecule has 0 bridgehead atoms. The summed E-state index contributed by atoms with van der Waals surface area (Å²) in [6.45, 7) is 2.86. The van der Waals surface area contributed by atoms with Crippen molar-refractivity contribution in [2.24, 2.45) is 0 Å². The molecule has 1 fully saturated rings. The number of hydrogen-bond donors (Lipinski definition) is 1. The minimum Gasteiger partial charge on any atom is -0.353 e. The monoisotopic (exact) mass is 380 g/mol. The second-order valence-corrected chi connectivity index (χ2v) is 9.06. The van der Waals surface area contributed by atoms with Crippen LogP contribution in [0.1, 0.15) is 38.2 Å². The van der Waals surface area contributed by atoms with Crippen molar-refractivity contribution in [3.63, 3.8) is 0 Å². The van der Waals surface area contributed by atoms with Gasteiger partial charge in [0.05, 0.1) is 5.75 Å². The van der Waals surface area contributed by atoms with Crippen molar-refractivity contribution in [3.8, 4) is 0 Å². The summed E-state index contributed by atoms with van der Waals surface area (Å²) in [6, 6.07) is 9.57. The van der Waals surface area contributed by atoms with Crippen molar-refractivity contribution >= 4 is 21.7 Å². The maximum Gasteiger partial charge on any atom is 0.235 e. The Morgan fingerprint density at radius 3 is 2.65 bits per heavy atom. The van der Waals surface area contributed by atoms with E-state index in [9.17, 15) is 18.0 Å². The average Bonchev–Trinajstić information content (AvgIpc) is 2.60.